The second-order valence-electron chi connectivity index (χ2n) is 11.2. The fraction of sp³-hybridized carbons (Fsp3) is 0.394. The molecule has 0 amide bonds. The predicted octanol–water partition coefficient (Wildman–Crippen LogP) is 6.07. The van der Waals surface area contributed by atoms with Crippen molar-refractivity contribution < 1.29 is 49.5 Å². The zero-order chi connectivity index (χ0) is 32.5. The van der Waals surface area contributed by atoms with E-state index in [0.29, 0.717) is 0 Å². The molecule has 3 aromatic carbocycles. The van der Waals surface area contributed by atoms with Crippen LogP contribution in [0.25, 0.3) is 0 Å². The van der Waals surface area contributed by atoms with Crippen LogP contribution < -0.4 is 0 Å². The maximum absolute atomic E-state index is 13.4. The minimum atomic E-state index is -6.06. The number of ether oxygens (including phenoxy) is 5. The second kappa shape index (κ2) is 13.0. The van der Waals surface area contributed by atoms with Crippen LogP contribution in [0.15, 0.2) is 104 Å². The van der Waals surface area contributed by atoms with E-state index < -0.39 is 63.8 Å². The molecule has 1 unspecified atom stereocenters. The van der Waals surface area contributed by atoms with Gasteiger partial charge in [-0.1, -0.05) is 97.1 Å². The van der Waals surface area contributed by atoms with E-state index in [4.69, 9.17) is 27.9 Å². The van der Waals surface area contributed by atoms with Crippen LogP contribution in [0.1, 0.15) is 37.5 Å². The number of rotatable bonds is 11. The van der Waals surface area contributed by atoms with Gasteiger partial charge in [0.2, 0.25) is 0 Å². The molecule has 8 nitrogen and oxygen atoms in total. The highest BCUT2D eigenvalue weighted by Gasteiger charge is 2.60. The lowest BCUT2D eigenvalue weighted by Gasteiger charge is -2.43. The van der Waals surface area contributed by atoms with E-state index in [1.54, 1.807) is 20.8 Å². The summed E-state index contributed by atoms with van der Waals surface area (Å²) in [5, 5.41) is 0. The van der Waals surface area contributed by atoms with Gasteiger partial charge < -0.3 is 23.7 Å². The third-order valence-corrected chi connectivity index (χ3v) is 8.68. The van der Waals surface area contributed by atoms with Crippen LogP contribution in [0.3, 0.4) is 0 Å². The highest BCUT2D eigenvalue weighted by atomic mass is 32.2. The number of halogens is 3. The molecule has 45 heavy (non-hydrogen) atoms. The minimum absolute atomic E-state index is 0.166. The van der Waals surface area contributed by atoms with Gasteiger partial charge in [-0.3, -0.25) is 4.18 Å². The van der Waals surface area contributed by atoms with Crippen LogP contribution in [-0.4, -0.2) is 63.1 Å². The van der Waals surface area contributed by atoms with Gasteiger partial charge >= 0.3 is 15.6 Å². The molecular weight excluding hydrogens is 613 g/mol. The Morgan fingerprint density at radius 1 is 0.867 bits per heavy atom. The quantitative estimate of drug-likeness (QED) is 0.107. The maximum Gasteiger partial charge on any atom is 0.523 e. The van der Waals surface area contributed by atoms with Crippen molar-refractivity contribution in [3.8, 4) is 0 Å². The maximum atomic E-state index is 13.4. The minimum Gasteiger partial charge on any atom is -0.358 e. The summed E-state index contributed by atoms with van der Waals surface area (Å²) in [6, 6.07) is 28.7. The Hall–Kier alpha value is -3.10. The third kappa shape index (κ3) is 6.87. The number of hydrogen-bond donors (Lipinski definition) is 0. The monoisotopic (exact) mass is 648 g/mol. The van der Waals surface area contributed by atoms with Crippen molar-refractivity contribution in [3.63, 3.8) is 0 Å². The smallest absolute Gasteiger partial charge is 0.358 e. The molecule has 0 spiro atoms. The summed E-state index contributed by atoms with van der Waals surface area (Å²) in [6.07, 6.45) is -6.26. The molecule has 0 bridgehead atoms. The molecule has 0 aliphatic carbocycles. The van der Waals surface area contributed by atoms with E-state index in [-0.39, 0.29) is 6.61 Å². The summed E-state index contributed by atoms with van der Waals surface area (Å²) < 4.78 is 100. The fourth-order valence-electron chi connectivity index (χ4n) is 5.63. The molecule has 2 heterocycles. The van der Waals surface area contributed by atoms with E-state index >= 15 is 0 Å². The van der Waals surface area contributed by atoms with Gasteiger partial charge in [0.05, 0.1) is 12.7 Å². The molecule has 2 aliphatic rings. The molecule has 0 saturated carbocycles. The standard InChI is InChI=1S/C33H35F3O8S/c1-5-22(2)40-30-29(44-45(37,38)33(34,35)36)28-27(42-31(3,4)43-28)26(41-30)21-39-32(23-15-9-6-10-16-23,24-17-11-7-12-18-24)25-19-13-8-14-20-25/h5-20,22,26-30H,1,21H2,2-4H3/t22?,26-,27-,28-,29-,30+/m0/s1. The van der Waals surface area contributed by atoms with Gasteiger partial charge in [0, 0.05) is 0 Å². The van der Waals surface area contributed by atoms with Crippen molar-refractivity contribution in [2.24, 2.45) is 0 Å². The second-order valence-corrected chi connectivity index (χ2v) is 12.8. The SMILES string of the molecule is C=CC(C)O[C@@H]1O[C@@H](COC(c2ccccc2)(c2ccccc2)c2ccccc2)[C@@H]2OC(C)(C)O[C@@H]2[C@@H]1OS(=O)(=O)C(F)(F)F. The Balaban J connectivity index is 1.56. The largest absolute Gasteiger partial charge is 0.523 e. The third-order valence-electron chi connectivity index (χ3n) is 7.64. The van der Waals surface area contributed by atoms with Gasteiger partial charge in [0.25, 0.3) is 0 Å². The average molecular weight is 649 g/mol. The number of alkyl halides is 3. The average Bonchev–Trinajstić information content (AvgIpc) is 3.35. The Bertz CT molecular complexity index is 1440. The van der Waals surface area contributed by atoms with E-state index in [2.05, 4.69) is 6.58 Å². The highest BCUT2D eigenvalue weighted by molar-refractivity contribution is 7.87. The van der Waals surface area contributed by atoms with Crippen molar-refractivity contribution in [1.29, 1.82) is 0 Å². The van der Waals surface area contributed by atoms with E-state index in [9.17, 15) is 21.6 Å². The molecule has 2 fully saturated rings. The first-order chi connectivity index (χ1) is 21.3. The summed E-state index contributed by atoms with van der Waals surface area (Å²) >= 11 is 0. The number of hydrogen-bond acceptors (Lipinski definition) is 8. The molecule has 0 N–H and O–H groups in total. The van der Waals surface area contributed by atoms with Crippen molar-refractivity contribution in [3.05, 3.63) is 120 Å². The lowest BCUT2D eigenvalue weighted by molar-refractivity contribution is -0.288. The summed E-state index contributed by atoms with van der Waals surface area (Å²) in [5.74, 6) is -1.32. The molecule has 12 heteroatoms. The Morgan fingerprint density at radius 3 is 1.78 bits per heavy atom. The number of fused-ring (bicyclic) bond motifs is 1. The molecule has 0 radical (unpaired) electrons. The first-order valence-electron chi connectivity index (χ1n) is 14.4. The van der Waals surface area contributed by atoms with Gasteiger partial charge in [-0.05, 0) is 37.5 Å². The van der Waals surface area contributed by atoms with Crippen LogP contribution in [0.4, 0.5) is 13.2 Å². The summed E-state index contributed by atoms with van der Waals surface area (Å²) in [6.45, 7) is 8.17. The van der Waals surface area contributed by atoms with Gasteiger partial charge in [0.1, 0.15) is 23.9 Å². The molecule has 242 valence electrons. The highest BCUT2D eigenvalue weighted by Crippen LogP contribution is 2.44. The first kappa shape index (κ1) is 33.3. The Kier molecular flexibility index (Phi) is 9.58. The van der Waals surface area contributed by atoms with Crippen LogP contribution in [0.2, 0.25) is 0 Å². The first-order valence-corrected chi connectivity index (χ1v) is 15.8. The molecule has 0 aromatic heterocycles. The van der Waals surface area contributed by atoms with Gasteiger partial charge in [-0.2, -0.15) is 21.6 Å². The molecule has 2 aliphatic heterocycles. The van der Waals surface area contributed by atoms with Crippen molar-refractivity contribution in [1.82, 2.24) is 0 Å². The molecule has 3 aromatic rings. The van der Waals surface area contributed by atoms with Crippen molar-refractivity contribution in [2.45, 2.75) is 74.5 Å². The molecule has 6 atom stereocenters. The Labute approximate surface area is 260 Å². The van der Waals surface area contributed by atoms with Crippen LogP contribution >= 0.6 is 0 Å². The van der Waals surface area contributed by atoms with Gasteiger partial charge in [0.15, 0.2) is 18.2 Å². The van der Waals surface area contributed by atoms with E-state index in [0.717, 1.165) is 16.7 Å². The van der Waals surface area contributed by atoms with Crippen LogP contribution in [0, 0.1) is 0 Å². The van der Waals surface area contributed by atoms with Crippen molar-refractivity contribution >= 4 is 10.1 Å². The van der Waals surface area contributed by atoms with Gasteiger partial charge in [-0.25, -0.2) is 0 Å². The lowest BCUT2D eigenvalue weighted by atomic mass is 9.80. The zero-order valence-corrected chi connectivity index (χ0v) is 25.7. The molecular formula is C33H35F3O8S. The van der Waals surface area contributed by atoms with E-state index in [1.165, 1.54) is 6.08 Å². The van der Waals surface area contributed by atoms with E-state index in [1.807, 2.05) is 91.0 Å². The summed E-state index contributed by atoms with van der Waals surface area (Å²) in [5.41, 5.74) is -4.42. The van der Waals surface area contributed by atoms with Crippen molar-refractivity contribution in [2.75, 3.05) is 6.61 Å². The molecule has 2 saturated heterocycles. The van der Waals surface area contributed by atoms with Crippen LogP contribution in [0.5, 0.6) is 0 Å². The lowest BCUT2D eigenvalue weighted by Crippen LogP contribution is -2.60. The zero-order valence-electron chi connectivity index (χ0n) is 24.9. The predicted molar refractivity (Wildman–Crippen MR) is 158 cm³/mol. The van der Waals surface area contributed by atoms with Gasteiger partial charge in [-0.15, -0.1) is 6.58 Å². The van der Waals surface area contributed by atoms with Crippen LogP contribution in [-0.2, 0) is 43.6 Å². The topological polar surface area (TPSA) is 89.5 Å². The normalized spacial score (nSPS) is 25.8. The number of benzene rings is 3. The molecule has 5 rings (SSSR count). The fourth-order valence-corrected chi connectivity index (χ4v) is 6.23. The summed E-state index contributed by atoms with van der Waals surface area (Å²) in [7, 11) is -6.06. The summed E-state index contributed by atoms with van der Waals surface area (Å²) in [4.78, 5) is 0. The Morgan fingerprint density at radius 2 is 1.33 bits per heavy atom.